The normalized spacial score (nSPS) is 20.6. The lowest BCUT2D eigenvalue weighted by molar-refractivity contribution is -0.137. The average molecular weight is 556 g/mol. The van der Waals surface area contributed by atoms with E-state index in [4.69, 9.17) is 4.74 Å². The van der Waals surface area contributed by atoms with Gasteiger partial charge in [-0.2, -0.15) is 17.5 Å². The molecule has 0 spiro atoms. The maximum absolute atomic E-state index is 13.5. The fourth-order valence-corrected chi connectivity index (χ4v) is 5.90. The number of alkyl halides is 3. The van der Waals surface area contributed by atoms with Gasteiger partial charge in [0.1, 0.15) is 16.7 Å². The Bertz CT molecular complexity index is 1270. The highest BCUT2D eigenvalue weighted by Crippen LogP contribution is 2.35. The average Bonchev–Trinajstić information content (AvgIpc) is 2.85. The molecular formula is C26H32F3N3O5S. The number of halogens is 3. The summed E-state index contributed by atoms with van der Waals surface area (Å²) >= 11 is 0. The number of nitrogens with one attached hydrogen (secondary N) is 1. The van der Waals surface area contributed by atoms with E-state index in [0.29, 0.717) is 0 Å². The van der Waals surface area contributed by atoms with E-state index in [1.807, 2.05) is 6.92 Å². The molecule has 3 atom stereocenters. The lowest BCUT2D eigenvalue weighted by Crippen LogP contribution is -2.50. The van der Waals surface area contributed by atoms with Crippen LogP contribution < -0.4 is 10.1 Å². The van der Waals surface area contributed by atoms with Gasteiger partial charge in [0.25, 0.3) is 0 Å². The Balaban J connectivity index is 1.87. The summed E-state index contributed by atoms with van der Waals surface area (Å²) in [4.78, 5) is 14.1. The van der Waals surface area contributed by atoms with Crippen LogP contribution >= 0.6 is 0 Å². The largest absolute Gasteiger partial charge is 0.487 e. The van der Waals surface area contributed by atoms with Crippen LogP contribution in [0.3, 0.4) is 0 Å². The van der Waals surface area contributed by atoms with Crippen molar-refractivity contribution in [1.82, 2.24) is 9.21 Å². The van der Waals surface area contributed by atoms with Crippen LogP contribution in [0.25, 0.3) is 6.08 Å². The molecule has 0 aromatic heterocycles. The number of hydrogen-bond donors (Lipinski definition) is 2. The van der Waals surface area contributed by atoms with Gasteiger partial charge in [-0.25, -0.2) is 13.2 Å². The van der Waals surface area contributed by atoms with Crippen LogP contribution in [0.2, 0.25) is 0 Å². The van der Waals surface area contributed by atoms with E-state index in [2.05, 4.69) is 5.32 Å². The van der Waals surface area contributed by atoms with Gasteiger partial charge in [0, 0.05) is 31.2 Å². The number of anilines is 1. The van der Waals surface area contributed by atoms with Gasteiger partial charge in [-0.05, 0) is 55.8 Å². The minimum absolute atomic E-state index is 0.0408. The van der Waals surface area contributed by atoms with Crippen molar-refractivity contribution in [2.24, 2.45) is 5.92 Å². The summed E-state index contributed by atoms with van der Waals surface area (Å²) in [7, 11) is -2.48. The Morgan fingerprint density at radius 3 is 2.50 bits per heavy atom. The fourth-order valence-electron chi connectivity index (χ4n) is 4.07. The van der Waals surface area contributed by atoms with Gasteiger partial charge in [-0.1, -0.05) is 25.1 Å². The first kappa shape index (κ1) is 29.5. The maximum Gasteiger partial charge on any atom is 0.416 e. The molecule has 0 fully saturated rings. The number of rotatable bonds is 6. The van der Waals surface area contributed by atoms with Crippen molar-refractivity contribution in [1.29, 1.82) is 0 Å². The highest BCUT2D eigenvalue weighted by Gasteiger charge is 2.38. The second kappa shape index (κ2) is 11.7. The summed E-state index contributed by atoms with van der Waals surface area (Å²) in [5.74, 6) is -0.262. The molecule has 2 aromatic carbocycles. The summed E-state index contributed by atoms with van der Waals surface area (Å²) in [5.41, 5.74) is 0.0913. The van der Waals surface area contributed by atoms with Crippen LogP contribution in [-0.2, 0) is 16.2 Å². The molecule has 38 heavy (non-hydrogen) atoms. The SMILES string of the molecule is C/C=C/c1ccc2c(c1)O[C@@H](CN(C)C(=O)Nc1ccc(C(F)(F)F)cc1)[C@@H](C)CN([C@H](C)CO)S2(=O)=O. The first-order valence-corrected chi connectivity index (χ1v) is 13.5. The van der Waals surface area contributed by atoms with Gasteiger partial charge in [0.05, 0.1) is 18.7 Å². The van der Waals surface area contributed by atoms with E-state index in [0.717, 1.165) is 17.7 Å². The van der Waals surface area contributed by atoms with Gasteiger partial charge < -0.3 is 20.1 Å². The number of urea groups is 1. The van der Waals surface area contributed by atoms with Crippen molar-refractivity contribution in [3.8, 4) is 5.75 Å². The monoisotopic (exact) mass is 555 g/mol. The number of aliphatic hydroxyl groups excluding tert-OH is 1. The molecule has 1 aliphatic heterocycles. The number of sulfonamides is 1. The van der Waals surface area contributed by atoms with Crippen LogP contribution in [0.15, 0.2) is 53.4 Å². The summed E-state index contributed by atoms with van der Waals surface area (Å²) in [6.45, 7) is 4.95. The summed E-state index contributed by atoms with van der Waals surface area (Å²) in [5, 5.41) is 12.3. The van der Waals surface area contributed by atoms with Crippen molar-refractivity contribution in [3.05, 3.63) is 59.7 Å². The van der Waals surface area contributed by atoms with E-state index in [-0.39, 0.29) is 36.0 Å². The van der Waals surface area contributed by atoms with E-state index in [9.17, 15) is 31.5 Å². The summed E-state index contributed by atoms with van der Waals surface area (Å²) < 4.78 is 72.9. The zero-order valence-corrected chi connectivity index (χ0v) is 22.4. The van der Waals surface area contributed by atoms with Gasteiger partial charge >= 0.3 is 12.2 Å². The number of aliphatic hydroxyl groups is 1. The Kier molecular flexibility index (Phi) is 9.11. The maximum atomic E-state index is 13.5. The fraction of sp³-hybridized carbons (Fsp3) is 0.423. The van der Waals surface area contributed by atoms with Gasteiger partial charge in [-0.15, -0.1) is 0 Å². The van der Waals surface area contributed by atoms with E-state index < -0.39 is 45.9 Å². The molecule has 2 N–H and O–H groups in total. The third-order valence-electron chi connectivity index (χ3n) is 6.31. The third kappa shape index (κ3) is 6.66. The number of hydrogen-bond acceptors (Lipinski definition) is 5. The topological polar surface area (TPSA) is 99.2 Å². The molecule has 3 rings (SSSR count). The minimum atomic E-state index is -4.48. The van der Waals surface area contributed by atoms with Crippen LogP contribution in [0.4, 0.5) is 23.7 Å². The predicted molar refractivity (Wildman–Crippen MR) is 138 cm³/mol. The number of fused-ring (bicyclic) bond motifs is 1. The predicted octanol–water partition coefficient (Wildman–Crippen LogP) is 4.67. The van der Waals surface area contributed by atoms with Gasteiger partial charge in [-0.3, -0.25) is 0 Å². The Morgan fingerprint density at radius 2 is 1.92 bits per heavy atom. The number of benzene rings is 2. The van der Waals surface area contributed by atoms with Crippen LogP contribution in [-0.4, -0.2) is 67.7 Å². The molecule has 0 saturated carbocycles. The Morgan fingerprint density at radius 1 is 1.26 bits per heavy atom. The second-order valence-corrected chi connectivity index (χ2v) is 11.2. The lowest BCUT2D eigenvalue weighted by atomic mass is 10.0. The molecule has 12 heteroatoms. The Hall–Kier alpha value is -3.09. The van der Waals surface area contributed by atoms with Crippen molar-refractivity contribution in [3.63, 3.8) is 0 Å². The number of nitrogens with zero attached hydrogens (tertiary/aromatic N) is 2. The number of carbonyl (C=O) groups excluding carboxylic acids is 1. The van der Waals surface area contributed by atoms with Crippen LogP contribution in [0, 0.1) is 5.92 Å². The van der Waals surface area contributed by atoms with E-state index >= 15 is 0 Å². The van der Waals surface area contributed by atoms with Crippen molar-refractivity contribution in [2.45, 2.75) is 44.0 Å². The summed E-state index contributed by atoms with van der Waals surface area (Å²) in [6, 6.07) is 7.57. The molecule has 1 aliphatic rings. The number of allylic oxidation sites excluding steroid dienone is 1. The number of likely N-dealkylation sites (N-methyl/N-ethyl adjacent to an activating group) is 1. The molecule has 8 nitrogen and oxygen atoms in total. The molecule has 1 heterocycles. The van der Waals surface area contributed by atoms with Crippen LogP contribution in [0.5, 0.6) is 5.75 Å². The molecule has 2 amide bonds. The highest BCUT2D eigenvalue weighted by molar-refractivity contribution is 7.89. The van der Waals surface area contributed by atoms with E-state index in [1.165, 1.54) is 34.5 Å². The molecule has 0 unspecified atom stereocenters. The lowest BCUT2D eigenvalue weighted by Gasteiger charge is -2.37. The van der Waals surface area contributed by atoms with Crippen LogP contribution in [0.1, 0.15) is 31.9 Å². The first-order valence-electron chi connectivity index (χ1n) is 12.0. The minimum Gasteiger partial charge on any atom is -0.487 e. The van der Waals surface area contributed by atoms with Gasteiger partial charge in [0.15, 0.2) is 0 Å². The third-order valence-corrected chi connectivity index (χ3v) is 8.33. The molecule has 0 bridgehead atoms. The van der Waals surface area contributed by atoms with Gasteiger partial charge in [0.2, 0.25) is 10.0 Å². The second-order valence-electron chi connectivity index (χ2n) is 9.33. The quantitative estimate of drug-likeness (QED) is 0.540. The van der Waals surface area contributed by atoms with Crippen molar-refractivity contribution in [2.75, 3.05) is 32.1 Å². The molecular weight excluding hydrogens is 523 g/mol. The zero-order chi connectivity index (χ0) is 28.3. The first-order chi connectivity index (χ1) is 17.8. The molecule has 2 aromatic rings. The van der Waals surface area contributed by atoms with E-state index in [1.54, 1.807) is 38.1 Å². The number of carbonyl (C=O) groups is 1. The van der Waals surface area contributed by atoms with Crippen molar-refractivity contribution >= 4 is 27.8 Å². The number of amides is 2. The molecule has 0 aliphatic carbocycles. The smallest absolute Gasteiger partial charge is 0.416 e. The zero-order valence-electron chi connectivity index (χ0n) is 21.6. The molecule has 208 valence electrons. The standard InChI is InChI=1S/C26H32F3N3O5S/c1-5-6-19-7-12-24-22(13-19)37-23(17(2)14-32(18(3)16-33)38(24,35)36)15-31(4)25(34)30-21-10-8-20(9-11-21)26(27,28)29/h5-13,17-18,23,33H,14-16H2,1-4H3,(H,30,34)/b6-5+/t17-,18+,23-/m0/s1. The molecule has 0 saturated heterocycles. The Labute approximate surface area is 220 Å². The summed E-state index contributed by atoms with van der Waals surface area (Å²) in [6.07, 6.45) is -1.52. The molecule has 0 radical (unpaired) electrons. The highest BCUT2D eigenvalue weighted by atomic mass is 32.2. The number of ether oxygens (including phenoxy) is 1. The van der Waals surface area contributed by atoms with Crippen molar-refractivity contribution < 1.29 is 36.2 Å².